The Morgan fingerprint density at radius 2 is 1.95 bits per heavy atom. The molecule has 21 heavy (non-hydrogen) atoms. The van der Waals surface area contributed by atoms with Gasteiger partial charge >= 0.3 is 6.18 Å². The molecule has 1 heterocycles. The van der Waals surface area contributed by atoms with Gasteiger partial charge in [-0.15, -0.1) is 11.3 Å². The Hall–Kier alpha value is -0.800. The van der Waals surface area contributed by atoms with Gasteiger partial charge in [-0.1, -0.05) is 0 Å². The van der Waals surface area contributed by atoms with Crippen molar-refractivity contribution >= 4 is 37.0 Å². The first-order valence-corrected chi connectivity index (χ1v) is 8.94. The second-order valence-corrected chi connectivity index (χ2v) is 8.28. The summed E-state index contributed by atoms with van der Waals surface area (Å²) < 4.78 is 59.9. The van der Waals surface area contributed by atoms with E-state index in [2.05, 4.69) is 0 Å². The topological polar surface area (TPSA) is 54.5 Å². The van der Waals surface area contributed by atoms with E-state index in [1.165, 1.54) is 26.2 Å². The Balaban J connectivity index is 3.20. The number of carbonyl (C=O) groups is 1. The Morgan fingerprint density at radius 1 is 1.43 bits per heavy atom. The third-order valence-electron chi connectivity index (χ3n) is 2.68. The molecule has 1 aromatic rings. The lowest BCUT2D eigenvalue weighted by atomic mass is 10.1. The van der Waals surface area contributed by atoms with Crippen LogP contribution >= 0.6 is 22.0 Å². The van der Waals surface area contributed by atoms with Crippen LogP contribution in [0.1, 0.15) is 29.8 Å². The summed E-state index contributed by atoms with van der Waals surface area (Å²) in [7, 11) is 1.18. The standard InChI is InChI=1S/C11H13ClF3NO3S2/c1-6(2)16(5-11(13,14)15)9(17)8-4-20-10(7(8)3)21(12,18)19/h4,6H,5H2,1-3H3. The van der Waals surface area contributed by atoms with Gasteiger partial charge < -0.3 is 4.90 Å². The van der Waals surface area contributed by atoms with E-state index in [0.29, 0.717) is 16.2 Å². The van der Waals surface area contributed by atoms with Crippen molar-refractivity contribution in [3.63, 3.8) is 0 Å². The minimum atomic E-state index is -4.54. The highest BCUT2D eigenvalue weighted by atomic mass is 35.7. The molecule has 0 radical (unpaired) electrons. The van der Waals surface area contributed by atoms with E-state index in [4.69, 9.17) is 10.7 Å². The summed E-state index contributed by atoms with van der Waals surface area (Å²) >= 11 is 0.710. The number of hydrogen-bond donors (Lipinski definition) is 0. The molecule has 0 spiro atoms. The van der Waals surface area contributed by atoms with Gasteiger partial charge in [0, 0.05) is 22.1 Å². The monoisotopic (exact) mass is 363 g/mol. The molecule has 0 unspecified atom stereocenters. The lowest BCUT2D eigenvalue weighted by Gasteiger charge is -2.27. The maximum absolute atomic E-state index is 12.5. The zero-order chi connectivity index (χ0) is 16.6. The van der Waals surface area contributed by atoms with Crippen LogP contribution in [0.5, 0.6) is 0 Å². The van der Waals surface area contributed by atoms with Gasteiger partial charge in [-0.3, -0.25) is 4.79 Å². The molecule has 4 nitrogen and oxygen atoms in total. The lowest BCUT2D eigenvalue weighted by Crippen LogP contribution is -2.43. The van der Waals surface area contributed by atoms with Crippen molar-refractivity contribution in [2.75, 3.05) is 6.54 Å². The van der Waals surface area contributed by atoms with Gasteiger partial charge in [-0.2, -0.15) is 13.2 Å². The molecule has 1 amide bonds. The summed E-state index contributed by atoms with van der Waals surface area (Å²) in [6, 6.07) is -0.686. The molecule has 0 aliphatic rings. The molecule has 0 aliphatic carbocycles. The van der Waals surface area contributed by atoms with E-state index < -0.39 is 33.7 Å². The van der Waals surface area contributed by atoms with Crippen LogP contribution in [0.3, 0.4) is 0 Å². The Morgan fingerprint density at radius 3 is 2.29 bits per heavy atom. The van der Waals surface area contributed by atoms with Gasteiger partial charge in [0.25, 0.3) is 15.0 Å². The Kier molecular flexibility index (Phi) is 5.33. The van der Waals surface area contributed by atoms with Crippen molar-refractivity contribution < 1.29 is 26.4 Å². The van der Waals surface area contributed by atoms with Crippen LogP contribution in [-0.4, -0.2) is 38.0 Å². The van der Waals surface area contributed by atoms with Crippen molar-refractivity contribution in [3.8, 4) is 0 Å². The fraction of sp³-hybridized carbons (Fsp3) is 0.545. The third kappa shape index (κ3) is 4.58. The molecule has 0 N–H and O–H groups in total. The average molecular weight is 364 g/mol. The minimum Gasteiger partial charge on any atom is -0.327 e. The summed E-state index contributed by atoms with van der Waals surface area (Å²) in [6.45, 7) is 2.84. The zero-order valence-corrected chi connectivity index (χ0v) is 13.8. The normalized spacial score (nSPS) is 12.8. The largest absolute Gasteiger partial charge is 0.406 e. The highest BCUT2D eigenvalue weighted by Gasteiger charge is 2.35. The first-order valence-electron chi connectivity index (χ1n) is 5.75. The molecule has 0 saturated heterocycles. The summed E-state index contributed by atoms with van der Waals surface area (Å²) in [4.78, 5) is 12.9. The first-order chi connectivity index (χ1) is 9.34. The van der Waals surface area contributed by atoms with Crippen molar-refractivity contribution in [2.45, 2.75) is 37.2 Å². The van der Waals surface area contributed by atoms with Crippen molar-refractivity contribution in [1.29, 1.82) is 0 Å². The smallest absolute Gasteiger partial charge is 0.327 e. The van der Waals surface area contributed by atoms with E-state index in [1.54, 1.807) is 0 Å². The Bertz CT molecular complexity index is 638. The predicted molar refractivity (Wildman–Crippen MR) is 74.3 cm³/mol. The highest BCUT2D eigenvalue weighted by molar-refractivity contribution is 8.15. The average Bonchev–Trinajstić information content (AvgIpc) is 2.65. The second-order valence-electron chi connectivity index (χ2n) is 4.64. The van der Waals surface area contributed by atoms with Crippen LogP contribution in [0.15, 0.2) is 9.59 Å². The summed E-state index contributed by atoms with van der Waals surface area (Å²) in [6.07, 6.45) is -4.54. The van der Waals surface area contributed by atoms with Gasteiger partial charge in [0.1, 0.15) is 10.8 Å². The predicted octanol–water partition coefficient (Wildman–Crippen LogP) is 3.40. The van der Waals surface area contributed by atoms with E-state index >= 15 is 0 Å². The minimum absolute atomic E-state index is 0.0628. The third-order valence-corrected chi connectivity index (χ3v) is 5.99. The lowest BCUT2D eigenvalue weighted by molar-refractivity contribution is -0.143. The van der Waals surface area contributed by atoms with E-state index in [1.807, 2.05) is 0 Å². The second kappa shape index (κ2) is 6.13. The molecule has 1 aromatic heterocycles. The molecule has 0 aromatic carbocycles. The van der Waals surface area contributed by atoms with Crippen LogP contribution in [-0.2, 0) is 9.05 Å². The SMILES string of the molecule is Cc1c(C(=O)N(CC(F)(F)F)C(C)C)csc1S(=O)(=O)Cl. The van der Waals surface area contributed by atoms with Crippen LogP contribution < -0.4 is 0 Å². The fourth-order valence-corrected chi connectivity index (χ4v) is 4.23. The van der Waals surface area contributed by atoms with Crippen LogP contribution in [0.25, 0.3) is 0 Å². The van der Waals surface area contributed by atoms with Crippen LogP contribution in [0.4, 0.5) is 13.2 Å². The zero-order valence-electron chi connectivity index (χ0n) is 11.4. The van der Waals surface area contributed by atoms with E-state index in [0.717, 1.165) is 0 Å². The molecule has 120 valence electrons. The van der Waals surface area contributed by atoms with Crippen molar-refractivity contribution in [2.24, 2.45) is 0 Å². The molecule has 0 aliphatic heterocycles. The molecular formula is C11H13ClF3NO3S2. The number of carbonyl (C=O) groups excluding carboxylic acids is 1. The fourth-order valence-electron chi connectivity index (χ4n) is 1.69. The maximum Gasteiger partial charge on any atom is 0.406 e. The summed E-state index contributed by atoms with van der Waals surface area (Å²) in [5.41, 5.74) is -0.0231. The molecule has 10 heteroatoms. The first kappa shape index (κ1) is 18.2. The maximum atomic E-state index is 12.5. The highest BCUT2D eigenvalue weighted by Crippen LogP contribution is 2.31. The van der Waals surface area contributed by atoms with Crippen LogP contribution in [0, 0.1) is 6.92 Å². The van der Waals surface area contributed by atoms with Crippen LogP contribution in [0.2, 0.25) is 0 Å². The quantitative estimate of drug-likeness (QED) is 0.770. The van der Waals surface area contributed by atoms with Gasteiger partial charge in [0.05, 0.1) is 5.56 Å². The van der Waals surface area contributed by atoms with E-state index in [-0.39, 0.29) is 15.3 Å². The van der Waals surface area contributed by atoms with Gasteiger partial charge in [-0.25, -0.2) is 8.42 Å². The molecule has 0 atom stereocenters. The van der Waals surface area contributed by atoms with Gasteiger partial charge in [0.15, 0.2) is 0 Å². The molecule has 1 rings (SSSR count). The molecule has 0 fully saturated rings. The van der Waals surface area contributed by atoms with Gasteiger partial charge in [-0.05, 0) is 26.3 Å². The number of amides is 1. The molecular weight excluding hydrogens is 351 g/mol. The molecule has 0 bridgehead atoms. The number of hydrogen-bond acceptors (Lipinski definition) is 4. The Labute approximate surface area is 128 Å². The summed E-state index contributed by atoms with van der Waals surface area (Å²) in [5, 5.41) is 1.21. The molecule has 0 saturated carbocycles. The number of nitrogens with zero attached hydrogens (tertiary/aromatic N) is 1. The number of alkyl halides is 3. The summed E-state index contributed by atoms with van der Waals surface area (Å²) in [5.74, 6) is -0.873. The number of rotatable bonds is 4. The van der Waals surface area contributed by atoms with Crippen molar-refractivity contribution in [1.82, 2.24) is 4.90 Å². The number of halogens is 4. The van der Waals surface area contributed by atoms with E-state index in [9.17, 15) is 26.4 Å². The van der Waals surface area contributed by atoms with Gasteiger partial charge in [0.2, 0.25) is 0 Å². The van der Waals surface area contributed by atoms with Crippen molar-refractivity contribution in [3.05, 3.63) is 16.5 Å². The number of thiophene rings is 1.